The summed E-state index contributed by atoms with van der Waals surface area (Å²) in [6.07, 6.45) is 5.50. The van der Waals surface area contributed by atoms with E-state index < -0.39 is 46.8 Å². The first kappa shape index (κ1) is 37.3. The van der Waals surface area contributed by atoms with Gasteiger partial charge in [-0.3, -0.25) is 9.69 Å². The topological polar surface area (TPSA) is 71.0 Å². The van der Waals surface area contributed by atoms with E-state index >= 15 is 0 Å². The number of hydrogen-bond donors (Lipinski definition) is 2. The zero-order valence-electron chi connectivity index (χ0n) is 28.8. The summed E-state index contributed by atoms with van der Waals surface area (Å²) in [6, 6.07) is 22.7. The van der Waals surface area contributed by atoms with Gasteiger partial charge in [0.1, 0.15) is 5.56 Å². The van der Waals surface area contributed by atoms with Gasteiger partial charge in [0.25, 0.3) is 5.91 Å². The fraction of sp³-hybridized carbons (Fsp3) is 0.341. The Hall–Kier alpha value is -4.42. The van der Waals surface area contributed by atoms with Gasteiger partial charge in [-0.25, -0.2) is 22.0 Å². The van der Waals surface area contributed by atoms with Gasteiger partial charge in [-0.05, 0) is 40.7 Å². The third-order valence-corrected chi connectivity index (χ3v) is 10.1. The van der Waals surface area contributed by atoms with Crippen LogP contribution in [0.5, 0.6) is 0 Å². The second kappa shape index (κ2) is 16.5. The largest absolute Gasteiger partial charge is 0.392 e. The number of nitrogens with one attached hydrogen (secondary N) is 1. The van der Waals surface area contributed by atoms with E-state index in [4.69, 9.17) is 9.47 Å². The second-order valence-electron chi connectivity index (χ2n) is 13.4. The summed E-state index contributed by atoms with van der Waals surface area (Å²) >= 11 is 0. The highest BCUT2D eigenvalue weighted by atomic mass is 19.2. The summed E-state index contributed by atoms with van der Waals surface area (Å²) in [6.45, 7) is 7.30. The lowest BCUT2D eigenvalue weighted by molar-refractivity contribution is -0.276. The number of aliphatic hydroxyl groups excluding tert-OH is 1. The number of halogens is 5. The summed E-state index contributed by atoms with van der Waals surface area (Å²) in [4.78, 5) is 15.1. The van der Waals surface area contributed by atoms with E-state index in [1.54, 1.807) is 24.3 Å². The maximum absolute atomic E-state index is 14.3. The SMILES string of the molecule is C=CCN(C[C@H]1O[C@@H](c2ccc(-c3ccccc3CNC(=O)c3c(F)c(F)c(F)c(F)c3F)cc2)O[C@@H](c2ccc(CO)cc2)[C@H]1C)C1CCCC1. The molecule has 0 aromatic heterocycles. The molecule has 4 aromatic rings. The molecule has 1 aliphatic heterocycles. The number of carbonyl (C=O) groups is 1. The smallest absolute Gasteiger partial charge is 0.257 e. The molecule has 6 rings (SSSR count). The summed E-state index contributed by atoms with van der Waals surface area (Å²) in [7, 11) is 0. The lowest BCUT2D eigenvalue weighted by Gasteiger charge is -2.43. The van der Waals surface area contributed by atoms with E-state index in [1.807, 2.05) is 54.6 Å². The first-order chi connectivity index (χ1) is 25.1. The van der Waals surface area contributed by atoms with Crippen LogP contribution in [0.15, 0.2) is 85.5 Å². The number of carbonyl (C=O) groups excluding carboxylic acids is 1. The highest BCUT2D eigenvalue weighted by Gasteiger charge is 2.40. The van der Waals surface area contributed by atoms with Crippen molar-refractivity contribution in [3.8, 4) is 11.1 Å². The zero-order valence-corrected chi connectivity index (χ0v) is 28.8. The normalized spacial score (nSPS) is 20.7. The van der Waals surface area contributed by atoms with Gasteiger partial charge >= 0.3 is 0 Å². The van der Waals surface area contributed by atoms with Crippen molar-refractivity contribution in [2.24, 2.45) is 5.92 Å². The highest BCUT2D eigenvalue weighted by Crippen LogP contribution is 2.43. The summed E-state index contributed by atoms with van der Waals surface area (Å²) in [5, 5.41) is 11.9. The van der Waals surface area contributed by atoms with Crippen LogP contribution in [-0.2, 0) is 22.6 Å². The molecule has 1 amide bonds. The third kappa shape index (κ3) is 7.83. The molecule has 1 saturated carbocycles. The first-order valence-corrected chi connectivity index (χ1v) is 17.4. The highest BCUT2D eigenvalue weighted by molar-refractivity contribution is 5.95. The average Bonchev–Trinajstić information content (AvgIpc) is 3.72. The molecule has 1 aliphatic carbocycles. The molecular formula is C41H41F5N2O4. The Morgan fingerprint density at radius 3 is 2.12 bits per heavy atom. The van der Waals surface area contributed by atoms with E-state index in [1.165, 1.54) is 12.8 Å². The number of amides is 1. The van der Waals surface area contributed by atoms with E-state index in [0.717, 1.165) is 41.6 Å². The fourth-order valence-electron chi connectivity index (χ4n) is 7.21. The van der Waals surface area contributed by atoms with Crippen LogP contribution < -0.4 is 5.32 Å². The number of rotatable bonds is 12. The van der Waals surface area contributed by atoms with E-state index in [-0.39, 0.29) is 31.3 Å². The van der Waals surface area contributed by atoms with Crippen LogP contribution in [0, 0.1) is 35.0 Å². The molecule has 274 valence electrons. The van der Waals surface area contributed by atoms with Crippen LogP contribution in [-0.4, -0.2) is 41.1 Å². The standard InChI is InChI=1S/C41H41F5N2O4/c1-3-20-48(30-9-5-6-10-30)22-32-24(2)39(27-14-12-25(23-49)13-15-27)52-41(51-32)28-18-16-26(17-19-28)31-11-7-4-8-29(31)21-47-40(50)33-34(42)36(44)38(46)37(45)35(33)43/h3-4,7-8,11-19,24,30,32,39,41,49H,1,5-6,9-10,20-23H2,2H3,(H,47,50)/t24-,32+,39+,41+/m0/s1. The molecule has 1 heterocycles. The quantitative estimate of drug-likeness (QED) is 0.0664. The second-order valence-corrected chi connectivity index (χ2v) is 13.4. The minimum absolute atomic E-state index is 0.0103. The first-order valence-electron chi connectivity index (χ1n) is 17.4. The van der Waals surface area contributed by atoms with Crippen LogP contribution in [0.1, 0.15) is 77.6 Å². The molecule has 0 bridgehead atoms. The molecule has 0 unspecified atom stereocenters. The van der Waals surface area contributed by atoms with E-state index in [0.29, 0.717) is 23.7 Å². The Morgan fingerprint density at radius 1 is 0.865 bits per heavy atom. The van der Waals surface area contributed by atoms with Crippen molar-refractivity contribution in [3.63, 3.8) is 0 Å². The van der Waals surface area contributed by atoms with Crippen molar-refractivity contribution in [2.45, 2.75) is 70.3 Å². The minimum atomic E-state index is -2.33. The summed E-state index contributed by atoms with van der Waals surface area (Å²) < 4.78 is 82.9. The van der Waals surface area contributed by atoms with Crippen molar-refractivity contribution in [3.05, 3.63) is 142 Å². The molecule has 2 fully saturated rings. The number of nitrogens with zero attached hydrogens (tertiary/aromatic N) is 1. The molecule has 4 atom stereocenters. The fourth-order valence-corrected chi connectivity index (χ4v) is 7.21. The van der Waals surface area contributed by atoms with Crippen LogP contribution in [0.3, 0.4) is 0 Å². The zero-order chi connectivity index (χ0) is 36.9. The molecule has 0 radical (unpaired) electrons. The summed E-state index contributed by atoms with van der Waals surface area (Å²) in [5.74, 6) is -12.5. The van der Waals surface area contributed by atoms with E-state index in [2.05, 4.69) is 23.7 Å². The Kier molecular flexibility index (Phi) is 11.8. The molecule has 52 heavy (non-hydrogen) atoms. The van der Waals surface area contributed by atoms with Crippen molar-refractivity contribution in [1.29, 1.82) is 0 Å². The average molecular weight is 721 g/mol. The molecule has 0 spiro atoms. The summed E-state index contributed by atoms with van der Waals surface area (Å²) in [5.41, 5.74) is 3.01. The van der Waals surface area contributed by atoms with Gasteiger partial charge in [-0.1, -0.05) is 98.6 Å². The minimum Gasteiger partial charge on any atom is -0.392 e. The molecule has 1 saturated heterocycles. The molecule has 4 aromatic carbocycles. The van der Waals surface area contributed by atoms with Crippen LogP contribution in [0.2, 0.25) is 0 Å². The van der Waals surface area contributed by atoms with Crippen molar-refractivity contribution in [2.75, 3.05) is 13.1 Å². The Bertz CT molecular complexity index is 1850. The number of hydrogen-bond acceptors (Lipinski definition) is 5. The van der Waals surface area contributed by atoms with Gasteiger partial charge in [0, 0.05) is 37.2 Å². The molecule has 2 N–H and O–H groups in total. The Morgan fingerprint density at radius 2 is 1.48 bits per heavy atom. The molecule has 6 nitrogen and oxygen atoms in total. The predicted molar refractivity (Wildman–Crippen MR) is 186 cm³/mol. The van der Waals surface area contributed by atoms with Gasteiger partial charge in [0.05, 0.1) is 18.8 Å². The lowest BCUT2D eigenvalue weighted by atomic mass is 9.89. The lowest BCUT2D eigenvalue weighted by Crippen LogP contribution is -2.47. The van der Waals surface area contributed by atoms with Gasteiger partial charge in [-0.2, -0.15) is 0 Å². The van der Waals surface area contributed by atoms with Gasteiger partial charge < -0.3 is 19.9 Å². The van der Waals surface area contributed by atoms with Crippen LogP contribution >= 0.6 is 0 Å². The Balaban J connectivity index is 1.23. The Labute approximate surface area is 299 Å². The van der Waals surface area contributed by atoms with Gasteiger partial charge in [0.2, 0.25) is 5.82 Å². The van der Waals surface area contributed by atoms with Crippen LogP contribution in [0.4, 0.5) is 22.0 Å². The maximum Gasteiger partial charge on any atom is 0.257 e. The van der Waals surface area contributed by atoms with Crippen molar-refractivity contribution in [1.82, 2.24) is 10.2 Å². The van der Waals surface area contributed by atoms with Gasteiger partial charge in [-0.15, -0.1) is 6.58 Å². The third-order valence-electron chi connectivity index (χ3n) is 10.1. The van der Waals surface area contributed by atoms with E-state index in [9.17, 15) is 31.9 Å². The maximum atomic E-state index is 14.3. The molecular weight excluding hydrogens is 679 g/mol. The molecule has 11 heteroatoms. The number of aliphatic hydroxyl groups is 1. The molecule has 2 aliphatic rings. The van der Waals surface area contributed by atoms with Gasteiger partial charge in [0.15, 0.2) is 29.6 Å². The predicted octanol–water partition coefficient (Wildman–Crippen LogP) is 8.69. The number of ether oxygens (including phenoxy) is 2. The number of benzene rings is 4. The van der Waals surface area contributed by atoms with Crippen LogP contribution in [0.25, 0.3) is 11.1 Å². The van der Waals surface area contributed by atoms with Crippen molar-refractivity contribution < 1.29 is 41.3 Å². The van der Waals surface area contributed by atoms with Crippen molar-refractivity contribution >= 4 is 5.91 Å². The monoisotopic (exact) mass is 720 g/mol.